The Balaban J connectivity index is 1.91. The molecule has 1 amide bonds. The summed E-state index contributed by atoms with van der Waals surface area (Å²) in [4.78, 5) is 12.1. The van der Waals surface area contributed by atoms with E-state index in [1.165, 1.54) is 0 Å². The number of nitrogen functional groups attached to an aromatic ring is 1. The predicted octanol–water partition coefficient (Wildman–Crippen LogP) is 3.22. The second-order valence-electron chi connectivity index (χ2n) is 5.55. The monoisotopic (exact) mass is 302 g/mol. The molecule has 0 unspecified atom stereocenters. The fourth-order valence-corrected chi connectivity index (χ4v) is 1.91. The minimum atomic E-state index is -0.197. The largest absolute Gasteiger partial charge is 0.491 e. The number of rotatable bonds is 7. The van der Waals surface area contributed by atoms with Gasteiger partial charge in [0.15, 0.2) is 0 Å². The van der Waals surface area contributed by atoms with Crippen molar-refractivity contribution in [2.45, 2.75) is 26.8 Å². The molecular weight excluding hydrogens is 280 g/mol. The molecule has 0 atom stereocenters. The zero-order valence-electron chi connectivity index (χ0n) is 13.0. The Morgan fingerprint density at radius 2 is 2.18 bits per heavy atom. The summed E-state index contributed by atoms with van der Waals surface area (Å²) in [6.45, 7) is 5.24. The number of amides is 1. The molecule has 0 radical (unpaired) electrons. The maximum atomic E-state index is 12.1. The van der Waals surface area contributed by atoms with Crippen molar-refractivity contribution in [2.75, 3.05) is 12.3 Å². The number of hydrogen-bond acceptors (Lipinski definition) is 4. The van der Waals surface area contributed by atoms with Crippen molar-refractivity contribution in [2.24, 2.45) is 5.92 Å². The first kappa shape index (κ1) is 15.9. The third kappa shape index (κ3) is 4.55. The van der Waals surface area contributed by atoms with E-state index in [4.69, 9.17) is 14.9 Å². The zero-order valence-corrected chi connectivity index (χ0v) is 13.0. The molecule has 5 heteroatoms. The summed E-state index contributed by atoms with van der Waals surface area (Å²) in [5.74, 6) is 1.70. The van der Waals surface area contributed by atoms with Crippen LogP contribution in [0, 0.1) is 5.92 Å². The third-order valence-corrected chi connectivity index (χ3v) is 3.23. The van der Waals surface area contributed by atoms with Crippen LogP contribution in [0.4, 0.5) is 5.69 Å². The van der Waals surface area contributed by atoms with Gasteiger partial charge < -0.3 is 20.2 Å². The first-order chi connectivity index (χ1) is 10.6. The normalized spacial score (nSPS) is 10.7. The number of nitrogens with two attached hydrogens (primary N) is 1. The number of carbonyl (C=O) groups is 1. The lowest BCUT2D eigenvalue weighted by Crippen LogP contribution is -2.22. The summed E-state index contributed by atoms with van der Waals surface area (Å²) in [5.41, 5.74) is 6.91. The molecule has 1 heterocycles. The van der Waals surface area contributed by atoms with Crippen molar-refractivity contribution < 1.29 is 13.9 Å². The molecule has 5 nitrogen and oxygen atoms in total. The van der Waals surface area contributed by atoms with E-state index in [1.807, 2.05) is 0 Å². The highest BCUT2D eigenvalue weighted by molar-refractivity contribution is 5.95. The van der Waals surface area contributed by atoms with E-state index in [0.29, 0.717) is 41.8 Å². The van der Waals surface area contributed by atoms with Gasteiger partial charge >= 0.3 is 0 Å². The van der Waals surface area contributed by atoms with Crippen LogP contribution in [0.25, 0.3) is 0 Å². The van der Waals surface area contributed by atoms with E-state index in [-0.39, 0.29) is 5.91 Å². The van der Waals surface area contributed by atoms with Crippen molar-refractivity contribution in [1.29, 1.82) is 0 Å². The van der Waals surface area contributed by atoms with Crippen molar-refractivity contribution in [3.63, 3.8) is 0 Å². The molecule has 0 aliphatic rings. The molecule has 0 saturated heterocycles. The summed E-state index contributed by atoms with van der Waals surface area (Å²) in [6.07, 6.45) is 2.54. The van der Waals surface area contributed by atoms with Gasteiger partial charge in [-0.2, -0.15) is 0 Å². The molecule has 1 aromatic heterocycles. The molecule has 22 heavy (non-hydrogen) atoms. The number of nitrogens with one attached hydrogen (secondary N) is 1. The number of carbonyl (C=O) groups excluding carboxylic acids is 1. The average molecular weight is 302 g/mol. The molecule has 2 rings (SSSR count). The third-order valence-electron chi connectivity index (χ3n) is 3.23. The van der Waals surface area contributed by atoms with Crippen LogP contribution in [0.5, 0.6) is 5.75 Å². The van der Waals surface area contributed by atoms with Crippen LogP contribution in [0.15, 0.2) is 41.0 Å². The van der Waals surface area contributed by atoms with Crippen molar-refractivity contribution >= 4 is 11.6 Å². The summed E-state index contributed by atoms with van der Waals surface area (Å²) in [6, 6.07) is 8.65. The molecule has 118 valence electrons. The molecule has 0 aliphatic heterocycles. The summed E-state index contributed by atoms with van der Waals surface area (Å²) >= 11 is 0. The lowest BCUT2D eigenvalue weighted by Gasteiger charge is -2.11. The quantitative estimate of drug-likeness (QED) is 0.770. The van der Waals surface area contributed by atoms with Crippen LogP contribution in [0.1, 0.15) is 36.4 Å². The lowest BCUT2D eigenvalue weighted by molar-refractivity contribution is 0.0948. The van der Waals surface area contributed by atoms with E-state index in [2.05, 4.69) is 19.2 Å². The standard InChI is InChI=1S/C17H22N2O3/c1-12(2)7-9-22-16-6-5-13(10-15(16)18)17(20)19-11-14-4-3-8-21-14/h3-6,8,10,12H,7,9,11,18H2,1-2H3,(H,19,20). The minimum absolute atomic E-state index is 0.197. The highest BCUT2D eigenvalue weighted by Crippen LogP contribution is 2.23. The molecule has 0 fully saturated rings. The minimum Gasteiger partial charge on any atom is -0.491 e. The summed E-state index contributed by atoms with van der Waals surface area (Å²) < 4.78 is 10.8. The lowest BCUT2D eigenvalue weighted by atomic mass is 10.1. The average Bonchev–Trinajstić information content (AvgIpc) is 2.99. The van der Waals surface area contributed by atoms with Crippen LogP contribution in [0.3, 0.4) is 0 Å². The van der Waals surface area contributed by atoms with Gasteiger partial charge in [-0.1, -0.05) is 13.8 Å². The SMILES string of the molecule is CC(C)CCOc1ccc(C(=O)NCc2ccco2)cc1N. The summed E-state index contributed by atoms with van der Waals surface area (Å²) in [5, 5.41) is 2.78. The van der Waals surface area contributed by atoms with E-state index >= 15 is 0 Å². The van der Waals surface area contributed by atoms with E-state index < -0.39 is 0 Å². The van der Waals surface area contributed by atoms with Gasteiger partial charge in [0, 0.05) is 5.56 Å². The number of ether oxygens (including phenoxy) is 1. The first-order valence-electron chi connectivity index (χ1n) is 7.39. The van der Waals surface area contributed by atoms with Gasteiger partial charge in [-0.3, -0.25) is 4.79 Å². The van der Waals surface area contributed by atoms with Crippen LogP contribution < -0.4 is 15.8 Å². The van der Waals surface area contributed by atoms with Crippen molar-refractivity contribution in [3.05, 3.63) is 47.9 Å². The van der Waals surface area contributed by atoms with Gasteiger partial charge in [0.25, 0.3) is 5.91 Å². The van der Waals surface area contributed by atoms with Crippen molar-refractivity contribution in [1.82, 2.24) is 5.32 Å². The van der Waals surface area contributed by atoms with E-state index in [1.54, 1.807) is 36.6 Å². The maximum Gasteiger partial charge on any atom is 0.251 e. The predicted molar refractivity (Wildman–Crippen MR) is 85.7 cm³/mol. The molecule has 0 saturated carbocycles. The molecule has 1 aromatic carbocycles. The number of anilines is 1. The van der Waals surface area contributed by atoms with Crippen LogP contribution >= 0.6 is 0 Å². The molecule has 0 spiro atoms. The van der Waals surface area contributed by atoms with Crippen LogP contribution in [-0.4, -0.2) is 12.5 Å². The molecule has 0 bridgehead atoms. The Bertz CT molecular complexity index is 606. The fourth-order valence-electron chi connectivity index (χ4n) is 1.91. The number of furan rings is 1. The second-order valence-corrected chi connectivity index (χ2v) is 5.55. The second kappa shape index (κ2) is 7.54. The smallest absolute Gasteiger partial charge is 0.251 e. The Morgan fingerprint density at radius 1 is 1.36 bits per heavy atom. The van der Waals surface area contributed by atoms with Gasteiger partial charge in [-0.05, 0) is 42.7 Å². The highest BCUT2D eigenvalue weighted by atomic mass is 16.5. The van der Waals surface area contributed by atoms with Gasteiger partial charge in [0.2, 0.25) is 0 Å². The Kier molecular flexibility index (Phi) is 5.47. The molecule has 3 N–H and O–H groups in total. The Labute approximate surface area is 130 Å². The van der Waals surface area contributed by atoms with Gasteiger partial charge in [-0.25, -0.2) is 0 Å². The Morgan fingerprint density at radius 3 is 2.82 bits per heavy atom. The number of benzene rings is 1. The molecular formula is C17H22N2O3. The van der Waals surface area contributed by atoms with Gasteiger partial charge in [0.1, 0.15) is 11.5 Å². The highest BCUT2D eigenvalue weighted by Gasteiger charge is 2.09. The number of hydrogen-bond donors (Lipinski definition) is 2. The van der Waals surface area contributed by atoms with E-state index in [0.717, 1.165) is 6.42 Å². The van der Waals surface area contributed by atoms with Crippen LogP contribution in [-0.2, 0) is 6.54 Å². The topological polar surface area (TPSA) is 77.5 Å². The molecule has 2 aromatic rings. The molecule has 0 aliphatic carbocycles. The van der Waals surface area contributed by atoms with Crippen molar-refractivity contribution in [3.8, 4) is 5.75 Å². The zero-order chi connectivity index (χ0) is 15.9. The van der Waals surface area contributed by atoms with Gasteiger partial charge in [-0.15, -0.1) is 0 Å². The maximum absolute atomic E-state index is 12.1. The first-order valence-corrected chi connectivity index (χ1v) is 7.39. The van der Waals surface area contributed by atoms with E-state index in [9.17, 15) is 4.79 Å². The van der Waals surface area contributed by atoms with Crippen LogP contribution in [0.2, 0.25) is 0 Å². The van der Waals surface area contributed by atoms with Gasteiger partial charge in [0.05, 0.1) is 25.1 Å². The fraction of sp³-hybridized carbons (Fsp3) is 0.353. The summed E-state index contributed by atoms with van der Waals surface area (Å²) in [7, 11) is 0. The Hall–Kier alpha value is -2.43.